The number of nitrogens with one attached hydrogen (secondary N) is 1. The number of rotatable bonds is 2. The summed E-state index contributed by atoms with van der Waals surface area (Å²) in [5, 5.41) is 15.5. The molecule has 0 aliphatic carbocycles. The van der Waals surface area contributed by atoms with Crippen LogP contribution in [0.1, 0.15) is 25.2 Å². The van der Waals surface area contributed by atoms with Crippen LogP contribution < -0.4 is 0 Å². The summed E-state index contributed by atoms with van der Waals surface area (Å²) in [6, 6.07) is 1.74. The van der Waals surface area contributed by atoms with Gasteiger partial charge in [-0.2, -0.15) is 5.10 Å². The molecule has 0 aromatic carbocycles. The largest absolute Gasteiger partial charge is 0.481 e. The van der Waals surface area contributed by atoms with E-state index in [1.54, 1.807) is 19.9 Å². The predicted molar refractivity (Wildman–Crippen MR) is 44.0 cm³/mol. The number of carbonyl (C=O) groups is 1. The number of aromatic amines is 1. The van der Waals surface area contributed by atoms with Crippen molar-refractivity contribution in [3.05, 3.63) is 17.5 Å². The number of hydrogen-bond acceptors (Lipinski definition) is 2. The topological polar surface area (TPSA) is 66.0 Å². The molecule has 12 heavy (non-hydrogen) atoms. The molecule has 1 aromatic heterocycles. The van der Waals surface area contributed by atoms with E-state index in [2.05, 4.69) is 10.2 Å². The smallest absolute Gasteiger partial charge is 0.315 e. The molecular formula is C8H12N2O2. The van der Waals surface area contributed by atoms with E-state index in [-0.39, 0.29) is 0 Å². The number of carboxylic acids is 1. The van der Waals surface area contributed by atoms with E-state index in [9.17, 15) is 4.79 Å². The Morgan fingerprint density at radius 1 is 1.67 bits per heavy atom. The third kappa shape index (κ3) is 1.32. The molecule has 1 aromatic rings. The van der Waals surface area contributed by atoms with Gasteiger partial charge < -0.3 is 5.11 Å². The van der Waals surface area contributed by atoms with Gasteiger partial charge in [-0.25, -0.2) is 0 Å². The van der Waals surface area contributed by atoms with Gasteiger partial charge in [0.2, 0.25) is 0 Å². The lowest BCUT2D eigenvalue weighted by Crippen LogP contribution is -2.28. The quantitative estimate of drug-likeness (QED) is 0.694. The van der Waals surface area contributed by atoms with Crippen LogP contribution in [0.25, 0.3) is 0 Å². The summed E-state index contributed by atoms with van der Waals surface area (Å²) < 4.78 is 0. The predicted octanol–water partition coefficient (Wildman–Crippen LogP) is 1.08. The first-order valence-electron chi connectivity index (χ1n) is 3.70. The molecule has 4 heteroatoms. The summed E-state index contributed by atoms with van der Waals surface area (Å²) in [4.78, 5) is 10.8. The number of aryl methyl sites for hydroxylation is 1. The van der Waals surface area contributed by atoms with Crippen molar-refractivity contribution in [2.24, 2.45) is 0 Å². The summed E-state index contributed by atoms with van der Waals surface area (Å²) in [5.74, 6) is -0.867. The van der Waals surface area contributed by atoms with Crippen LogP contribution in [-0.2, 0) is 10.2 Å². The second-order valence-electron chi connectivity index (χ2n) is 3.37. The number of carboxylic acid groups (broad SMARTS) is 1. The van der Waals surface area contributed by atoms with Gasteiger partial charge in [0.25, 0.3) is 0 Å². The standard InChI is InChI=1S/C8H12N2O2/c1-5-4-6(10-9-5)8(2,3)7(11)12/h4H,1-3H3,(H,9,10)(H,11,12). The molecule has 1 rings (SSSR count). The Bertz CT molecular complexity index is 302. The highest BCUT2D eigenvalue weighted by molar-refractivity contribution is 5.79. The second kappa shape index (κ2) is 2.62. The summed E-state index contributed by atoms with van der Waals surface area (Å²) in [7, 11) is 0. The Balaban J connectivity index is 3.05. The van der Waals surface area contributed by atoms with E-state index in [4.69, 9.17) is 5.11 Å². The van der Waals surface area contributed by atoms with Crippen LogP contribution in [-0.4, -0.2) is 21.3 Å². The molecule has 0 aliphatic rings. The summed E-state index contributed by atoms with van der Waals surface area (Å²) in [5.41, 5.74) is 0.525. The zero-order valence-corrected chi connectivity index (χ0v) is 7.38. The van der Waals surface area contributed by atoms with Gasteiger partial charge >= 0.3 is 5.97 Å². The Hall–Kier alpha value is -1.32. The van der Waals surface area contributed by atoms with Crippen molar-refractivity contribution in [1.29, 1.82) is 0 Å². The molecule has 0 amide bonds. The summed E-state index contributed by atoms with van der Waals surface area (Å²) >= 11 is 0. The average Bonchev–Trinajstić information content (AvgIpc) is 2.35. The third-order valence-corrected chi connectivity index (χ3v) is 1.88. The zero-order valence-electron chi connectivity index (χ0n) is 7.38. The molecule has 0 atom stereocenters. The maximum absolute atomic E-state index is 10.8. The lowest BCUT2D eigenvalue weighted by molar-refractivity contribution is -0.142. The van der Waals surface area contributed by atoms with E-state index in [0.29, 0.717) is 5.69 Å². The van der Waals surface area contributed by atoms with Crippen molar-refractivity contribution < 1.29 is 9.90 Å². The van der Waals surface area contributed by atoms with E-state index in [1.807, 2.05) is 6.92 Å². The lowest BCUT2D eigenvalue weighted by atomic mass is 9.89. The highest BCUT2D eigenvalue weighted by Gasteiger charge is 2.31. The monoisotopic (exact) mass is 168 g/mol. The van der Waals surface area contributed by atoms with E-state index >= 15 is 0 Å². The van der Waals surface area contributed by atoms with Crippen LogP contribution in [0.15, 0.2) is 6.07 Å². The number of aromatic nitrogens is 2. The fraction of sp³-hybridized carbons (Fsp3) is 0.500. The van der Waals surface area contributed by atoms with Crippen LogP contribution in [0.5, 0.6) is 0 Å². The number of hydrogen-bond donors (Lipinski definition) is 2. The molecule has 4 nitrogen and oxygen atoms in total. The normalized spacial score (nSPS) is 11.6. The summed E-state index contributed by atoms with van der Waals surface area (Å²) in [6.45, 7) is 5.10. The van der Waals surface area contributed by atoms with Gasteiger partial charge in [0.05, 0.1) is 5.69 Å². The SMILES string of the molecule is Cc1cc(C(C)(C)C(=O)O)n[nH]1. The van der Waals surface area contributed by atoms with Crippen LogP contribution in [0.2, 0.25) is 0 Å². The highest BCUT2D eigenvalue weighted by Crippen LogP contribution is 2.21. The van der Waals surface area contributed by atoms with Crippen molar-refractivity contribution in [3.63, 3.8) is 0 Å². The van der Waals surface area contributed by atoms with Crippen molar-refractivity contribution >= 4 is 5.97 Å². The molecule has 2 N–H and O–H groups in total. The van der Waals surface area contributed by atoms with Crippen molar-refractivity contribution in [3.8, 4) is 0 Å². The minimum atomic E-state index is -0.912. The van der Waals surface area contributed by atoms with E-state index in [0.717, 1.165) is 5.69 Å². The first-order chi connectivity index (χ1) is 5.44. The maximum Gasteiger partial charge on any atom is 0.315 e. The van der Waals surface area contributed by atoms with Crippen LogP contribution in [0.3, 0.4) is 0 Å². The van der Waals surface area contributed by atoms with Crippen LogP contribution in [0.4, 0.5) is 0 Å². The lowest BCUT2D eigenvalue weighted by Gasteiger charge is -2.15. The number of nitrogens with zero attached hydrogens (tertiary/aromatic N) is 1. The molecule has 66 valence electrons. The minimum Gasteiger partial charge on any atom is -0.481 e. The van der Waals surface area contributed by atoms with Gasteiger partial charge in [0.1, 0.15) is 5.41 Å². The van der Waals surface area contributed by atoms with Crippen molar-refractivity contribution in [2.75, 3.05) is 0 Å². The summed E-state index contributed by atoms with van der Waals surface area (Å²) in [6.07, 6.45) is 0. The van der Waals surface area contributed by atoms with Gasteiger partial charge in [-0.05, 0) is 26.8 Å². The van der Waals surface area contributed by atoms with Crippen LogP contribution in [0, 0.1) is 6.92 Å². The highest BCUT2D eigenvalue weighted by atomic mass is 16.4. The third-order valence-electron chi connectivity index (χ3n) is 1.88. The molecule has 0 bridgehead atoms. The molecule has 0 radical (unpaired) electrons. The van der Waals surface area contributed by atoms with Gasteiger partial charge in [0.15, 0.2) is 0 Å². The van der Waals surface area contributed by atoms with Crippen molar-refractivity contribution in [2.45, 2.75) is 26.2 Å². The Morgan fingerprint density at radius 3 is 2.58 bits per heavy atom. The van der Waals surface area contributed by atoms with E-state index in [1.165, 1.54) is 0 Å². The van der Waals surface area contributed by atoms with Crippen LogP contribution >= 0.6 is 0 Å². The fourth-order valence-electron chi connectivity index (χ4n) is 0.848. The number of aliphatic carboxylic acids is 1. The zero-order chi connectivity index (χ0) is 9.35. The second-order valence-corrected chi connectivity index (χ2v) is 3.37. The van der Waals surface area contributed by atoms with Crippen molar-refractivity contribution in [1.82, 2.24) is 10.2 Å². The Kier molecular flexibility index (Phi) is 1.92. The average molecular weight is 168 g/mol. The maximum atomic E-state index is 10.8. The van der Waals surface area contributed by atoms with Gasteiger partial charge in [-0.15, -0.1) is 0 Å². The number of H-pyrrole nitrogens is 1. The van der Waals surface area contributed by atoms with Gasteiger partial charge in [0, 0.05) is 5.69 Å². The molecule has 0 saturated heterocycles. The molecule has 1 heterocycles. The van der Waals surface area contributed by atoms with Gasteiger partial charge in [-0.3, -0.25) is 9.89 Å². The van der Waals surface area contributed by atoms with Gasteiger partial charge in [-0.1, -0.05) is 0 Å². The Labute approximate surface area is 70.6 Å². The first kappa shape index (κ1) is 8.77. The van der Waals surface area contributed by atoms with E-state index < -0.39 is 11.4 Å². The minimum absolute atomic E-state index is 0.563. The molecule has 0 saturated carbocycles. The molecule has 0 aliphatic heterocycles. The molecular weight excluding hydrogens is 156 g/mol. The fourth-order valence-corrected chi connectivity index (χ4v) is 0.848. The molecule has 0 unspecified atom stereocenters. The molecule has 0 fully saturated rings. The Morgan fingerprint density at radius 2 is 2.25 bits per heavy atom. The molecule has 0 spiro atoms. The first-order valence-corrected chi connectivity index (χ1v) is 3.70.